The van der Waals surface area contributed by atoms with Crippen molar-refractivity contribution in [2.75, 3.05) is 0 Å². The van der Waals surface area contributed by atoms with E-state index in [0.29, 0.717) is 0 Å². The minimum Gasteiger partial charge on any atom is -0.0981 e. The Balaban J connectivity index is 2.76. The van der Waals surface area contributed by atoms with Crippen LogP contribution in [-0.4, -0.2) is 0 Å². The molecule has 1 heterocycles. The molecule has 0 nitrogen and oxygen atoms in total. The molecule has 72 valence electrons. The maximum atomic E-state index is 3.93. The molecule has 1 aliphatic rings. The van der Waals surface area contributed by atoms with Gasteiger partial charge in [-0.1, -0.05) is 54.8 Å². The van der Waals surface area contributed by atoms with Crippen LogP contribution in [-0.2, 0) is 0 Å². The van der Waals surface area contributed by atoms with Crippen molar-refractivity contribution in [3.05, 3.63) is 71.1 Å². The first-order chi connectivity index (χ1) is 6.83. The van der Waals surface area contributed by atoms with Crippen molar-refractivity contribution < 1.29 is 0 Å². The van der Waals surface area contributed by atoms with Gasteiger partial charge >= 0.3 is 0 Å². The average Bonchev–Trinajstić information content (AvgIpc) is 2.13. The second-order valence-electron chi connectivity index (χ2n) is 2.81. The zero-order valence-electron chi connectivity index (χ0n) is 8.31. The number of hydrogen-bond acceptors (Lipinski definition) is 1. The molecule has 0 radical (unpaired) electrons. The smallest absolute Gasteiger partial charge is 0.0122 e. The highest BCUT2D eigenvalue weighted by atomic mass is 32.2. The Kier molecular flexibility index (Phi) is 4.87. The number of hydrogen-bond donors (Lipinski definition) is 0. The maximum Gasteiger partial charge on any atom is 0.0122 e. The van der Waals surface area contributed by atoms with Gasteiger partial charge in [0.1, 0.15) is 0 Å². The second kappa shape index (κ2) is 6.28. The Morgan fingerprint density at radius 2 is 2.14 bits per heavy atom. The van der Waals surface area contributed by atoms with Gasteiger partial charge in [0, 0.05) is 4.91 Å². The van der Waals surface area contributed by atoms with E-state index in [1.165, 1.54) is 4.91 Å². The van der Waals surface area contributed by atoms with Crippen molar-refractivity contribution in [3.63, 3.8) is 0 Å². The molecule has 0 saturated carbocycles. The Morgan fingerprint density at radius 1 is 1.29 bits per heavy atom. The molecular weight excluding hydrogens is 188 g/mol. The standard InChI is InChI=1S/C13H14S/c1-3-4-5-9-13-11-12(2)8-6-7-10-14-13/h3-11H,2H2,1H3/b4-3-,8-6-,9-5-,10-7-,13-11-. The Labute approximate surface area is 90.1 Å². The van der Waals surface area contributed by atoms with Crippen molar-refractivity contribution in [2.24, 2.45) is 0 Å². The fourth-order valence-electron chi connectivity index (χ4n) is 0.956. The first kappa shape index (κ1) is 10.9. The highest BCUT2D eigenvalue weighted by Gasteiger charge is 1.92. The summed E-state index contributed by atoms with van der Waals surface area (Å²) in [6.45, 7) is 5.94. The number of rotatable bonds is 2. The zero-order valence-corrected chi connectivity index (χ0v) is 9.13. The molecule has 0 unspecified atom stereocenters. The summed E-state index contributed by atoms with van der Waals surface area (Å²) in [6, 6.07) is 0. The van der Waals surface area contributed by atoms with Crippen LogP contribution in [0.15, 0.2) is 71.1 Å². The molecule has 0 saturated heterocycles. The van der Waals surface area contributed by atoms with Crippen LogP contribution in [0.2, 0.25) is 0 Å². The van der Waals surface area contributed by atoms with Crippen molar-refractivity contribution >= 4 is 11.8 Å². The first-order valence-corrected chi connectivity index (χ1v) is 5.41. The van der Waals surface area contributed by atoms with Crippen molar-refractivity contribution in [1.82, 2.24) is 0 Å². The van der Waals surface area contributed by atoms with Gasteiger partial charge in [0.15, 0.2) is 0 Å². The molecule has 0 aromatic heterocycles. The van der Waals surface area contributed by atoms with E-state index in [-0.39, 0.29) is 0 Å². The third kappa shape index (κ3) is 4.15. The Bertz CT molecular complexity index is 338. The molecular formula is C13H14S. The average molecular weight is 202 g/mol. The lowest BCUT2D eigenvalue weighted by Gasteiger charge is -1.99. The fraction of sp³-hybridized carbons (Fsp3) is 0.0769. The molecule has 0 N–H and O–H groups in total. The normalized spacial score (nSPS) is 25.8. The van der Waals surface area contributed by atoms with Gasteiger partial charge in [0.25, 0.3) is 0 Å². The highest BCUT2D eigenvalue weighted by molar-refractivity contribution is 8.06. The van der Waals surface area contributed by atoms with Gasteiger partial charge in [0.05, 0.1) is 0 Å². The molecule has 0 aromatic carbocycles. The third-order valence-electron chi connectivity index (χ3n) is 1.60. The summed E-state index contributed by atoms with van der Waals surface area (Å²) in [5, 5.41) is 2.06. The van der Waals surface area contributed by atoms with E-state index in [4.69, 9.17) is 0 Å². The molecule has 14 heavy (non-hydrogen) atoms. The summed E-state index contributed by atoms with van der Waals surface area (Å²) >= 11 is 1.70. The topological polar surface area (TPSA) is 0 Å². The van der Waals surface area contributed by atoms with E-state index in [9.17, 15) is 0 Å². The molecule has 0 aliphatic carbocycles. The van der Waals surface area contributed by atoms with Gasteiger partial charge < -0.3 is 0 Å². The van der Waals surface area contributed by atoms with Gasteiger partial charge in [-0.3, -0.25) is 0 Å². The van der Waals surface area contributed by atoms with Crippen molar-refractivity contribution in [3.8, 4) is 0 Å². The van der Waals surface area contributed by atoms with Crippen molar-refractivity contribution in [1.29, 1.82) is 0 Å². The Morgan fingerprint density at radius 3 is 2.93 bits per heavy atom. The molecule has 0 aromatic rings. The van der Waals surface area contributed by atoms with Crippen LogP contribution in [0, 0.1) is 0 Å². The summed E-state index contributed by atoms with van der Waals surface area (Å²) in [5.74, 6) is 0. The summed E-state index contributed by atoms with van der Waals surface area (Å²) < 4.78 is 0. The lowest BCUT2D eigenvalue weighted by Crippen LogP contribution is -1.74. The molecule has 0 bridgehead atoms. The van der Waals surface area contributed by atoms with Crippen LogP contribution >= 0.6 is 11.8 Å². The van der Waals surface area contributed by atoms with E-state index in [2.05, 4.69) is 24.1 Å². The molecule has 0 fully saturated rings. The number of thioether (sulfide) groups is 1. The van der Waals surface area contributed by atoms with Gasteiger partial charge in [-0.15, -0.1) is 0 Å². The zero-order chi connectivity index (χ0) is 10.2. The summed E-state index contributed by atoms with van der Waals surface area (Å²) in [7, 11) is 0. The van der Waals surface area contributed by atoms with E-state index in [1.807, 2.05) is 43.4 Å². The van der Waals surface area contributed by atoms with Crippen LogP contribution < -0.4 is 0 Å². The van der Waals surface area contributed by atoms with Crippen molar-refractivity contribution in [2.45, 2.75) is 6.92 Å². The van der Waals surface area contributed by atoms with Gasteiger partial charge in [-0.2, -0.15) is 0 Å². The lowest BCUT2D eigenvalue weighted by atomic mass is 10.2. The first-order valence-electron chi connectivity index (χ1n) is 4.53. The largest absolute Gasteiger partial charge is 0.0981 e. The van der Waals surface area contributed by atoms with Gasteiger partial charge in [-0.25, -0.2) is 0 Å². The molecule has 0 amide bonds. The predicted molar refractivity (Wildman–Crippen MR) is 67.0 cm³/mol. The van der Waals surface area contributed by atoms with Gasteiger partial charge in [0.2, 0.25) is 0 Å². The summed E-state index contributed by atoms with van der Waals surface area (Å²) in [5.41, 5.74) is 1.03. The molecule has 0 atom stereocenters. The minimum atomic E-state index is 1.03. The third-order valence-corrected chi connectivity index (χ3v) is 2.42. The van der Waals surface area contributed by atoms with Gasteiger partial charge in [-0.05, 0) is 30.1 Å². The molecule has 0 spiro atoms. The molecule has 1 heteroatoms. The predicted octanol–water partition coefficient (Wildman–Crippen LogP) is 4.38. The summed E-state index contributed by atoms with van der Waals surface area (Å²) in [6.07, 6.45) is 16.2. The highest BCUT2D eigenvalue weighted by Crippen LogP contribution is 2.22. The minimum absolute atomic E-state index is 1.03. The molecule has 1 aliphatic heterocycles. The van der Waals surface area contributed by atoms with Crippen LogP contribution in [0.1, 0.15) is 6.92 Å². The van der Waals surface area contributed by atoms with Crippen LogP contribution in [0.4, 0.5) is 0 Å². The van der Waals surface area contributed by atoms with E-state index < -0.39 is 0 Å². The Hall–Kier alpha value is -1.21. The fourth-order valence-corrected chi connectivity index (χ4v) is 1.66. The summed E-state index contributed by atoms with van der Waals surface area (Å²) in [4.78, 5) is 1.20. The quantitative estimate of drug-likeness (QED) is 0.599. The number of allylic oxidation sites excluding steroid dienone is 9. The lowest BCUT2D eigenvalue weighted by molar-refractivity contribution is 1.68. The van der Waals surface area contributed by atoms with Crippen LogP contribution in [0.3, 0.4) is 0 Å². The second-order valence-corrected chi connectivity index (χ2v) is 3.79. The molecule has 1 rings (SSSR count). The monoisotopic (exact) mass is 202 g/mol. The van der Waals surface area contributed by atoms with E-state index in [1.54, 1.807) is 11.8 Å². The maximum absolute atomic E-state index is 3.93. The van der Waals surface area contributed by atoms with E-state index in [0.717, 1.165) is 5.57 Å². The van der Waals surface area contributed by atoms with E-state index >= 15 is 0 Å². The van der Waals surface area contributed by atoms with Crippen LogP contribution in [0.25, 0.3) is 0 Å². The van der Waals surface area contributed by atoms with Crippen LogP contribution in [0.5, 0.6) is 0 Å². The SMILES string of the molecule is C=C1/C=C\C=C/SC(/C=C\C=C/C)=C\1.